The maximum atomic E-state index is 13.4. The van der Waals surface area contributed by atoms with Crippen molar-refractivity contribution in [3.05, 3.63) is 95.2 Å². The predicted molar refractivity (Wildman–Crippen MR) is 140 cm³/mol. The minimum absolute atomic E-state index is 0.0270. The number of rotatable bonds is 8. The third-order valence-electron chi connectivity index (χ3n) is 6.20. The molecule has 0 aliphatic carbocycles. The van der Waals surface area contributed by atoms with Gasteiger partial charge >= 0.3 is 6.18 Å². The summed E-state index contributed by atoms with van der Waals surface area (Å²) in [6.07, 6.45) is -2.83. The minimum atomic E-state index is -4.54. The molecule has 11 heteroatoms. The lowest BCUT2D eigenvalue weighted by molar-refractivity contribution is -0.137. The Kier molecular flexibility index (Phi) is 8.28. The van der Waals surface area contributed by atoms with Gasteiger partial charge in [-0.1, -0.05) is 30.3 Å². The fraction of sp³-hybridized carbons (Fsp3) is 0.296. The molecule has 3 aromatic rings. The van der Waals surface area contributed by atoms with Crippen LogP contribution in [0.3, 0.4) is 0 Å². The van der Waals surface area contributed by atoms with E-state index in [1.807, 2.05) is 35.2 Å². The number of furan rings is 1. The Morgan fingerprint density at radius 2 is 1.79 bits per heavy atom. The first-order valence-electron chi connectivity index (χ1n) is 12.2. The highest BCUT2D eigenvalue weighted by Gasteiger charge is 2.32. The number of carbonyl (C=O) groups is 1. The summed E-state index contributed by atoms with van der Waals surface area (Å²) in [5.74, 6) is 6.02. The number of hydrogen-bond donors (Lipinski definition) is 3. The zero-order chi connectivity index (χ0) is 27.3. The molecule has 0 unspecified atom stereocenters. The smallest absolute Gasteiger partial charge is 0.416 e. The van der Waals surface area contributed by atoms with Gasteiger partial charge in [0, 0.05) is 44.6 Å². The normalized spacial score (nSPS) is 15.0. The summed E-state index contributed by atoms with van der Waals surface area (Å²) in [5.41, 5.74) is 7.63. The third kappa shape index (κ3) is 7.08. The van der Waals surface area contributed by atoms with E-state index in [2.05, 4.69) is 10.2 Å². The fourth-order valence-corrected chi connectivity index (χ4v) is 4.33. The highest BCUT2D eigenvalue weighted by molar-refractivity contribution is 6.04. The van der Waals surface area contributed by atoms with Crippen LogP contribution in [0.5, 0.6) is 0 Å². The van der Waals surface area contributed by atoms with Crippen molar-refractivity contribution in [2.24, 2.45) is 11.6 Å². The molecular weight excluding hydrogens is 497 g/mol. The lowest BCUT2D eigenvalue weighted by Gasteiger charge is -2.37. The van der Waals surface area contributed by atoms with Gasteiger partial charge in [-0.25, -0.2) is 5.84 Å². The molecule has 2 heterocycles. The average Bonchev–Trinajstić information content (AvgIpc) is 3.31. The van der Waals surface area contributed by atoms with Crippen LogP contribution in [-0.2, 0) is 12.7 Å². The SMILES string of the molecule is Cc1ccc(C(=O)Nc2cc(C(F)(F)F)ccc2N2CCN(C/C(N)=C/N(N)Cc3ccccc3)CC2)o1. The van der Waals surface area contributed by atoms with Crippen molar-refractivity contribution in [2.75, 3.05) is 42.9 Å². The first kappa shape index (κ1) is 27.1. The van der Waals surface area contributed by atoms with E-state index in [-0.39, 0.29) is 11.4 Å². The van der Waals surface area contributed by atoms with Crippen molar-refractivity contribution in [3.8, 4) is 0 Å². The van der Waals surface area contributed by atoms with Crippen molar-refractivity contribution in [1.29, 1.82) is 0 Å². The topological polar surface area (TPSA) is 104 Å². The van der Waals surface area contributed by atoms with E-state index in [1.165, 1.54) is 12.1 Å². The molecule has 1 saturated heterocycles. The summed E-state index contributed by atoms with van der Waals surface area (Å²) in [4.78, 5) is 16.7. The number of carbonyl (C=O) groups excluding carboxylic acids is 1. The highest BCUT2D eigenvalue weighted by atomic mass is 19.4. The molecule has 5 N–H and O–H groups in total. The van der Waals surface area contributed by atoms with Crippen LogP contribution < -0.4 is 21.8 Å². The van der Waals surface area contributed by atoms with E-state index in [1.54, 1.807) is 24.2 Å². The van der Waals surface area contributed by atoms with Gasteiger partial charge in [0.25, 0.3) is 5.91 Å². The van der Waals surface area contributed by atoms with E-state index in [0.717, 1.165) is 17.7 Å². The van der Waals surface area contributed by atoms with Crippen molar-refractivity contribution in [3.63, 3.8) is 0 Å². The number of nitrogens with one attached hydrogen (secondary N) is 1. The van der Waals surface area contributed by atoms with Gasteiger partial charge in [-0.3, -0.25) is 9.69 Å². The molecule has 0 saturated carbocycles. The molecule has 0 bridgehead atoms. The highest BCUT2D eigenvalue weighted by Crippen LogP contribution is 2.36. The minimum Gasteiger partial charge on any atom is -0.456 e. The Hall–Kier alpha value is -3.96. The van der Waals surface area contributed by atoms with Crippen molar-refractivity contribution >= 4 is 17.3 Å². The number of anilines is 2. The van der Waals surface area contributed by atoms with Crippen molar-refractivity contribution < 1.29 is 22.4 Å². The number of aryl methyl sites for hydroxylation is 1. The van der Waals surface area contributed by atoms with E-state index in [4.69, 9.17) is 16.0 Å². The molecule has 38 heavy (non-hydrogen) atoms. The number of halogens is 3. The Bertz CT molecular complexity index is 1270. The van der Waals surface area contributed by atoms with E-state index in [9.17, 15) is 18.0 Å². The maximum absolute atomic E-state index is 13.4. The average molecular weight is 529 g/mol. The van der Waals surface area contributed by atoms with Crippen LogP contribution in [0.15, 0.2) is 77.0 Å². The van der Waals surface area contributed by atoms with Gasteiger partial charge < -0.3 is 25.4 Å². The Balaban J connectivity index is 1.40. The molecule has 1 fully saturated rings. The molecule has 0 spiro atoms. The molecule has 0 radical (unpaired) electrons. The fourth-order valence-electron chi connectivity index (χ4n) is 4.33. The molecule has 1 aromatic heterocycles. The molecule has 8 nitrogen and oxygen atoms in total. The number of benzene rings is 2. The third-order valence-corrected chi connectivity index (χ3v) is 6.20. The second-order valence-corrected chi connectivity index (χ2v) is 9.22. The Morgan fingerprint density at radius 1 is 1.08 bits per heavy atom. The summed E-state index contributed by atoms with van der Waals surface area (Å²) in [6.45, 7) is 5.05. The van der Waals surface area contributed by atoms with Crippen LogP contribution in [0.25, 0.3) is 0 Å². The summed E-state index contributed by atoms with van der Waals surface area (Å²) < 4.78 is 45.6. The van der Waals surface area contributed by atoms with Gasteiger partial charge in [-0.15, -0.1) is 0 Å². The lowest BCUT2D eigenvalue weighted by Crippen LogP contribution is -2.47. The van der Waals surface area contributed by atoms with Gasteiger partial charge in [-0.05, 0) is 42.8 Å². The van der Waals surface area contributed by atoms with Crippen LogP contribution in [0, 0.1) is 6.92 Å². The standard InChI is InChI=1S/C27H31F3N6O2/c1-19-7-10-25(38-19)26(37)33-23-15-21(27(28,29)30)8-9-24(23)35-13-11-34(12-14-35)17-22(31)18-36(32)16-20-5-3-2-4-6-20/h2-10,15,18H,11-14,16-17,31-32H2,1H3,(H,33,37)/b22-18-. The van der Waals surface area contributed by atoms with E-state index >= 15 is 0 Å². The number of nitrogens with two attached hydrogens (primary N) is 2. The van der Waals surface area contributed by atoms with Gasteiger partial charge in [-0.2, -0.15) is 13.2 Å². The summed E-state index contributed by atoms with van der Waals surface area (Å²) in [7, 11) is 0. The molecule has 1 amide bonds. The van der Waals surface area contributed by atoms with Crippen molar-refractivity contribution in [1.82, 2.24) is 9.91 Å². The van der Waals surface area contributed by atoms with Crippen LogP contribution in [0.1, 0.15) is 27.4 Å². The predicted octanol–water partition coefficient (Wildman–Crippen LogP) is 4.16. The van der Waals surface area contributed by atoms with Gasteiger partial charge in [0.2, 0.25) is 0 Å². The largest absolute Gasteiger partial charge is 0.456 e. The van der Waals surface area contributed by atoms with Crippen molar-refractivity contribution in [2.45, 2.75) is 19.6 Å². The molecule has 0 atom stereocenters. The number of amides is 1. The Labute approximate surface area is 219 Å². The monoisotopic (exact) mass is 528 g/mol. The molecule has 202 valence electrons. The zero-order valence-corrected chi connectivity index (χ0v) is 21.0. The van der Waals surface area contributed by atoms with Crippen LogP contribution in [-0.4, -0.2) is 48.5 Å². The van der Waals surface area contributed by atoms with Gasteiger partial charge in [0.05, 0.1) is 23.5 Å². The van der Waals surface area contributed by atoms with E-state index < -0.39 is 17.6 Å². The second-order valence-electron chi connectivity index (χ2n) is 9.22. The Morgan fingerprint density at radius 3 is 2.42 bits per heavy atom. The summed E-state index contributed by atoms with van der Waals surface area (Å²) in [5, 5.41) is 4.14. The first-order valence-corrected chi connectivity index (χ1v) is 12.2. The molecule has 1 aliphatic heterocycles. The molecular formula is C27H31F3N6O2. The number of alkyl halides is 3. The number of hydrogen-bond acceptors (Lipinski definition) is 7. The number of piperazine rings is 1. The summed E-state index contributed by atoms with van der Waals surface area (Å²) in [6, 6.07) is 16.3. The molecule has 1 aliphatic rings. The van der Waals surface area contributed by atoms with Gasteiger partial charge in [0.15, 0.2) is 5.76 Å². The van der Waals surface area contributed by atoms with E-state index in [0.29, 0.717) is 56.4 Å². The summed E-state index contributed by atoms with van der Waals surface area (Å²) >= 11 is 0. The maximum Gasteiger partial charge on any atom is 0.416 e. The molecule has 4 rings (SSSR count). The number of hydrazine groups is 1. The molecule has 2 aromatic carbocycles. The van der Waals surface area contributed by atoms with Crippen LogP contribution in [0.4, 0.5) is 24.5 Å². The van der Waals surface area contributed by atoms with Crippen LogP contribution in [0.2, 0.25) is 0 Å². The van der Waals surface area contributed by atoms with Crippen LogP contribution >= 0.6 is 0 Å². The van der Waals surface area contributed by atoms with Gasteiger partial charge in [0.1, 0.15) is 5.76 Å². The quantitative estimate of drug-likeness (QED) is 0.298. The first-order chi connectivity index (χ1) is 18.1. The second kappa shape index (κ2) is 11.6. The zero-order valence-electron chi connectivity index (χ0n) is 21.0. The lowest BCUT2D eigenvalue weighted by atomic mass is 10.1. The number of nitrogens with zero attached hydrogens (tertiary/aromatic N) is 3.